The van der Waals surface area contributed by atoms with Gasteiger partial charge in [-0.3, -0.25) is 0 Å². The lowest BCUT2D eigenvalue weighted by Crippen LogP contribution is -2.07. The average Bonchev–Trinajstić information content (AvgIpc) is 3.83. The number of aryl methyl sites for hydroxylation is 4. The van der Waals surface area contributed by atoms with Gasteiger partial charge in [0.2, 0.25) is 0 Å². The molecule has 0 aromatic heterocycles. The van der Waals surface area contributed by atoms with Gasteiger partial charge >= 0.3 is 0 Å². The van der Waals surface area contributed by atoms with Crippen LogP contribution >= 0.6 is 0 Å². The Balaban J connectivity index is 1.33. The van der Waals surface area contributed by atoms with Crippen molar-refractivity contribution in [3.8, 4) is 23.0 Å². The molecule has 0 radical (unpaired) electrons. The fourth-order valence-electron chi connectivity index (χ4n) is 9.61. The molecule has 4 aromatic rings. The third-order valence-electron chi connectivity index (χ3n) is 11.7. The van der Waals surface area contributed by atoms with E-state index in [0.717, 1.165) is 122 Å². The zero-order valence-electron chi connectivity index (χ0n) is 25.4. The third-order valence-corrected chi connectivity index (χ3v) is 11.7. The maximum absolute atomic E-state index is 12.0. The minimum absolute atomic E-state index is 0.330. The molecule has 44 heavy (non-hydrogen) atoms. The summed E-state index contributed by atoms with van der Waals surface area (Å²) in [5.74, 6) is 1.32. The Hall–Kier alpha value is -3.92. The molecule has 9 rings (SSSR count). The van der Waals surface area contributed by atoms with Crippen LogP contribution < -0.4 is 0 Å². The Morgan fingerprint density at radius 2 is 0.500 bits per heavy atom. The predicted octanol–water partition coefficient (Wildman–Crippen LogP) is 7.14. The van der Waals surface area contributed by atoms with Crippen LogP contribution in [0.25, 0.3) is 0 Å². The third kappa shape index (κ3) is 3.89. The quantitative estimate of drug-likeness (QED) is 0.156. The molecule has 0 fully saturated rings. The lowest BCUT2D eigenvalue weighted by molar-refractivity contribution is 0.449. The van der Waals surface area contributed by atoms with Crippen LogP contribution in [0, 0.1) is 0 Å². The van der Waals surface area contributed by atoms with E-state index in [-0.39, 0.29) is 0 Å². The molecule has 0 amide bonds. The molecule has 0 spiro atoms. The monoisotopic (exact) mass is 584 g/mol. The Morgan fingerprint density at radius 1 is 0.273 bits per heavy atom. The second-order valence-corrected chi connectivity index (χ2v) is 14.1. The predicted molar refractivity (Wildman–Crippen MR) is 172 cm³/mol. The number of phenolic OH excluding ortho intramolecular Hbond substituents is 4. The molecular formula is C40H40O4. The topological polar surface area (TPSA) is 80.9 Å². The Kier molecular flexibility index (Phi) is 5.89. The van der Waals surface area contributed by atoms with Gasteiger partial charge in [0.15, 0.2) is 0 Å². The molecule has 0 atom stereocenters. The first-order valence-electron chi connectivity index (χ1n) is 16.9. The Labute approximate surface area is 259 Å². The zero-order valence-corrected chi connectivity index (χ0v) is 25.4. The molecule has 0 heterocycles. The van der Waals surface area contributed by atoms with Crippen LogP contribution in [0.2, 0.25) is 0 Å². The first-order chi connectivity index (χ1) is 21.4. The van der Waals surface area contributed by atoms with Gasteiger partial charge in [-0.05, 0) is 144 Å². The van der Waals surface area contributed by atoms with E-state index < -0.39 is 0 Å². The van der Waals surface area contributed by atoms with E-state index in [1.54, 1.807) is 0 Å². The maximum Gasteiger partial charge on any atom is 0.122 e. The highest BCUT2D eigenvalue weighted by molar-refractivity contribution is 5.64. The van der Waals surface area contributed by atoms with Crippen LogP contribution in [0.5, 0.6) is 23.0 Å². The normalized spacial score (nSPS) is 17.8. The van der Waals surface area contributed by atoms with Gasteiger partial charge in [0, 0.05) is 47.9 Å². The molecule has 0 aliphatic heterocycles. The molecule has 0 unspecified atom stereocenters. The maximum atomic E-state index is 12.0. The molecule has 5 aliphatic rings. The highest BCUT2D eigenvalue weighted by atomic mass is 16.3. The van der Waals surface area contributed by atoms with Crippen molar-refractivity contribution in [2.24, 2.45) is 0 Å². The summed E-state index contributed by atoms with van der Waals surface area (Å²) >= 11 is 0. The number of rotatable bonds is 0. The number of fused-ring (bicyclic) bond motifs is 16. The fraction of sp³-hybridized carbons (Fsp3) is 0.400. The molecule has 8 bridgehead atoms. The summed E-state index contributed by atoms with van der Waals surface area (Å²) in [6, 6.07) is 8.75. The lowest BCUT2D eigenvalue weighted by atomic mass is 9.84. The van der Waals surface area contributed by atoms with Crippen LogP contribution in [0.15, 0.2) is 24.3 Å². The van der Waals surface area contributed by atoms with Gasteiger partial charge < -0.3 is 20.4 Å². The van der Waals surface area contributed by atoms with Crippen LogP contribution in [0.4, 0.5) is 0 Å². The SMILES string of the molecule is Oc1c2cc3c(c1Cc1cc4c(c(c1O)Cc1cc5c(c(c1O)Cc1cc6c(c(c1O)C2)CCC6)CCC5)CCC4)CCC3. The van der Waals surface area contributed by atoms with Crippen molar-refractivity contribution in [1.29, 1.82) is 0 Å². The van der Waals surface area contributed by atoms with Crippen molar-refractivity contribution in [2.75, 3.05) is 0 Å². The number of aromatic hydroxyl groups is 4. The van der Waals surface area contributed by atoms with Crippen LogP contribution in [0.1, 0.15) is 115 Å². The van der Waals surface area contributed by atoms with Crippen molar-refractivity contribution >= 4 is 0 Å². The molecule has 4 heteroatoms. The van der Waals surface area contributed by atoms with E-state index in [2.05, 4.69) is 24.3 Å². The fourth-order valence-corrected chi connectivity index (χ4v) is 9.61. The summed E-state index contributed by atoms with van der Waals surface area (Å²) in [5.41, 5.74) is 17.4. The van der Waals surface area contributed by atoms with Gasteiger partial charge in [0.1, 0.15) is 23.0 Å². The number of benzene rings is 4. The van der Waals surface area contributed by atoms with Crippen molar-refractivity contribution in [1.82, 2.24) is 0 Å². The first kappa shape index (κ1) is 26.5. The second kappa shape index (κ2) is 9.79. The summed E-state index contributed by atoms with van der Waals surface area (Å²) in [5, 5.41) is 47.8. The van der Waals surface area contributed by atoms with E-state index in [4.69, 9.17) is 0 Å². The van der Waals surface area contributed by atoms with E-state index >= 15 is 0 Å². The number of phenols is 4. The average molecular weight is 585 g/mol. The van der Waals surface area contributed by atoms with E-state index in [9.17, 15) is 20.4 Å². The van der Waals surface area contributed by atoms with E-state index in [1.165, 1.54) is 44.5 Å². The minimum Gasteiger partial charge on any atom is -0.507 e. The summed E-state index contributed by atoms with van der Waals surface area (Å²) in [7, 11) is 0. The van der Waals surface area contributed by atoms with Gasteiger partial charge in [-0.2, -0.15) is 0 Å². The van der Waals surface area contributed by atoms with E-state index in [0.29, 0.717) is 48.7 Å². The second-order valence-electron chi connectivity index (χ2n) is 14.1. The van der Waals surface area contributed by atoms with E-state index in [1.807, 2.05) is 0 Å². The standard InChI is InChI=1S/C40H40O4/c41-37-25-13-21-5-1-9-29(21)33(37)17-26-14-22-6-2-11-31(22)35(38(26)42)19-28-16-24-8-4-12-32(24)36(40(28)44)20-27-15-23-7-3-10-30(23)34(18-25)39(27)43/h13-16,41-44H,1-12,17-20H2. The molecule has 4 N–H and O–H groups in total. The van der Waals surface area contributed by atoms with Crippen LogP contribution in [-0.4, -0.2) is 20.4 Å². The van der Waals surface area contributed by atoms with Gasteiger partial charge in [-0.25, -0.2) is 0 Å². The molecule has 4 nitrogen and oxygen atoms in total. The smallest absolute Gasteiger partial charge is 0.122 e. The molecule has 4 aromatic carbocycles. The van der Waals surface area contributed by atoms with Gasteiger partial charge in [-0.15, -0.1) is 0 Å². The van der Waals surface area contributed by atoms with Crippen molar-refractivity contribution in [2.45, 2.75) is 103 Å². The summed E-state index contributed by atoms with van der Waals surface area (Å²) < 4.78 is 0. The zero-order chi connectivity index (χ0) is 29.7. The van der Waals surface area contributed by atoms with Gasteiger partial charge in [0.25, 0.3) is 0 Å². The minimum atomic E-state index is 0.330. The number of hydrogen-bond acceptors (Lipinski definition) is 4. The van der Waals surface area contributed by atoms with Crippen molar-refractivity contribution in [3.05, 3.63) is 113 Å². The van der Waals surface area contributed by atoms with Gasteiger partial charge in [0.05, 0.1) is 0 Å². The Bertz CT molecular complexity index is 1630. The van der Waals surface area contributed by atoms with Gasteiger partial charge in [-0.1, -0.05) is 24.3 Å². The highest BCUT2D eigenvalue weighted by Gasteiger charge is 2.30. The summed E-state index contributed by atoms with van der Waals surface area (Å²) in [4.78, 5) is 0. The molecule has 0 saturated heterocycles. The molecule has 0 saturated carbocycles. The van der Waals surface area contributed by atoms with Crippen molar-refractivity contribution < 1.29 is 20.4 Å². The van der Waals surface area contributed by atoms with Crippen LogP contribution in [0.3, 0.4) is 0 Å². The summed E-state index contributed by atoms with van der Waals surface area (Å²) in [6.07, 6.45) is 14.0. The number of hydrogen-bond donors (Lipinski definition) is 4. The molecular weight excluding hydrogens is 544 g/mol. The lowest BCUT2D eigenvalue weighted by Gasteiger charge is -2.23. The van der Waals surface area contributed by atoms with Crippen LogP contribution in [-0.2, 0) is 77.0 Å². The van der Waals surface area contributed by atoms with Crippen molar-refractivity contribution in [3.63, 3.8) is 0 Å². The largest absolute Gasteiger partial charge is 0.507 e. The Morgan fingerprint density at radius 3 is 0.727 bits per heavy atom. The molecule has 5 aliphatic carbocycles. The highest BCUT2D eigenvalue weighted by Crippen LogP contribution is 2.46. The molecule has 224 valence electrons. The first-order valence-corrected chi connectivity index (χ1v) is 16.9. The summed E-state index contributed by atoms with van der Waals surface area (Å²) in [6.45, 7) is 0.